The molecule has 2 N–H and O–H groups in total. The van der Waals surface area contributed by atoms with Crippen molar-refractivity contribution in [1.82, 2.24) is 15.5 Å². The second-order valence-corrected chi connectivity index (χ2v) is 10.8. The summed E-state index contributed by atoms with van der Waals surface area (Å²) < 4.78 is 11.2. The van der Waals surface area contributed by atoms with E-state index >= 15 is 0 Å². The molecule has 2 amide bonds. The lowest BCUT2D eigenvalue weighted by atomic mass is 9.98. The molecule has 9 heteroatoms. The number of fused-ring (bicyclic) bond motifs is 1. The minimum atomic E-state index is -0.222. The van der Waals surface area contributed by atoms with Gasteiger partial charge in [0.05, 0.1) is 32.0 Å². The highest BCUT2D eigenvalue weighted by Crippen LogP contribution is 2.34. The molecule has 0 aliphatic carbocycles. The van der Waals surface area contributed by atoms with Gasteiger partial charge in [0, 0.05) is 38.3 Å². The van der Waals surface area contributed by atoms with Crippen LogP contribution in [-0.2, 0) is 14.3 Å². The average Bonchev–Trinajstić information content (AvgIpc) is 3.02. The number of hydrogen-bond acceptors (Lipinski definition) is 7. The number of carbonyl (C=O) groups is 3. The Morgan fingerprint density at radius 1 is 0.952 bits per heavy atom. The SMILES string of the molecule is CNC(=O)c1cccc(-c2ccc(C(CN3CCOCC3)NCC(=O)CN3C(=O)COc4cc(C)c(C)cc43)cc2)c1. The number of nitrogens with one attached hydrogen (secondary N) is 2. The standard InChI is InChI=1S/C33H38N4O5/c1-22-15-30-31(16-23(22)2)42-21-32(39)37(30)19-28(38)18-35-29(20-36-11-13-41-14-12-36)25-9-7-24(8-10-25)26-5-4-6-27(17-26)33(40)34-3/h4-10,15-17,29,35H,11-14,18-21H2,1-3H3,(H,34,40). The van der Waals surface area contributed by atoms with Gasteiger partial charge >= 0.3 is 0 Å². The molecule has 1 atom stereocenters. The van der Waals surface area contributed by atoms with Crippen molar-refractivity contribution in [2.24, 2.45) is 0 Å². The van der Waals surface area contributed by atoms with E-state index in [0.29, 0.717) is 30.2 Å². The van der Waals surface area contributed by atoms with Crippen molar-refractivity contribution in [3.63, 3.8) is 0 Å². The molecule has 0 spiro atoms. The third-order valence-corrected chi connectivity index (χ3v) is 7.94. The monoisotopic (exact) mass is 570 g/mol. The van der Waals surface area contributed by atoms with Crippen molar-refractivity contribution in [2.45, 2.75) is 19.9 Å². The number of anilines is 1. The fourth-order valence-corrected chi connectivity index (χ4v) is 5.32. The first-order chi connectivity index (χ1) is 20.3. The van der Waals surface area contributed by atoms with Gasteiger partial charge in [0.2, 0.25) is 0 Å². The van der Waals surface area contributed by atoms with Gasteiger partial charge in [-0.05, 0) is 65.9 Å². The molecule has 0 saturated carbocycles. The topological polar surface area (TPSA) is 100 Å². The van der Waals surface area contributed by atoms with E-state index in [2.05, 4.69) is 27.7 Å². The molecule has 1 fully saturated rings. The van der Waals surface area contributed by atoms with Gasteiger partial charge in [-0.25, -0.2) is 0 Å². The summed E-state index contributed by atoms with van der Waals surface area (Å²) in [6.45, 7) is 7.75. The molecular formula is C33H38N4O5. The number of rotatable bonds is 10. The molecule has 9 nitrogen and oxygen atoms in total. The molecule has 5 rings (SSSR count). The predicted octanol–water partition coefficient (Wildman–Crippen LogP) is 3.29. The van der Waals surface area contributed by atoms with Crippen LogP contribution in [0.1, 0.15) is 33.1 Å². The van der Waals surface area contributed by atoms with Crippen molar-refractivity contribution in [3.8, 4) is 16.9 Å². The van der Waals surface area contributed by atoms with Gasteiger partial charge < -0.3 is 20.1 Å². The Balaban J connectivity index is 1.30. The molecule has 220 valence electrons. The Kier molecular flexibility index (Phi) is 9.31. The molecule has 3 aromatic rings. The van der Waals surface area contributed by atoms with Crippen LogP contribution in [0.25, 0.3) is 11.1 Å². The Bertz CT molecular complexity index is 1450. The van der Waals surface area contributed by atoms with E-state index in [1.54, 1.807) is 13.1 Å². The number of carbonyl (C=O) groups excluding carboxylic acids is 3. The van der Waals surface area contributed by atoms with Crippen LogP contribution < -0.4 is 20.3 Å². The lowest BCUT2D eigenvalue weighted by Crippen LogP contribution is -2.46. The maximum atomic E-state index is 13.2. The number of ether oxygens (including phenoxy) is 2. The fraction of sp³-hybridized carbons (Fsp3) is 0.364. The maximum Gasteiger partial charge on any atom is 0.265 e. The van der Waals surface area contributed by atoms with Crippen LogP contribution in [0, 0.1) is 13.8 Å². The zero-order chi connectivity index (χ0) is 29.6. The fourth-order valence-electron chi connectivity index (χ4n) is 5.32. The highest BCUT2D eigenvalue weighted by atomic mass is 16.5. The Hall–Kier alpha value is -4.05. The number of hydrogen-bond donors (Lipinski definition) is 2. The van der Waals surface area contributed by atoms with E-state index in [9.17, 15) is 14.4 Å². The molecule has 42 heavy (non-hydrogen) atoms. The van der Waals surface area contributed by atoms with Crippen LogP contribution in [0.4, 0.5) is 5.69 Å². The van der Waals surface area contributed by atoms with E-state index < -0.39 is 0 Å². The lowest BCUT2D eigenvalue weighted by Gasteiger charge is -2.32. The molecule has 2 heterocycles. The third kappa shape index (κ3) is 6.87. The summed E-state index contributed by atoms with van der Waals surface area (Å²) >= 11 is 0. The predicted molar refractivity (Wildman–Crippen MR) is 162 cm³/mol. The summed E-state index contributed by atoms with van der Waals surface area (Å²) in [6, 6.07) is 19.5. The summed E-state index contributed by atoms with van der Waals surface area (Å²) in [5, 5.41) is 6.14. The molecule has 0 aromatic heterocycles. The summed E-state index contributed by atoms with van der Waals surface area (Å²) in [5.74, 6) is 0.203. The van der Waals surface area contributed by atoms with Gasteiger partial charge in [-0.3, -0.25) is 24.2 Å². The quantitative estimate of drug-likeness (QED) is 0.386. The molecule has 1 unspecified atom stereocenters. The first-order valence-electron chi connectivity index (χ1n) is 14.3. The minimum Gasteiger partial charge on any atom is -0.482 e. The number of ketones is 1. The third-order valence-electron chi connectivity index (χ3n) is 7.94. The van der Waals surface area contributed by atoms with Crippen molar-refractivity contribution >= 4 is 23.3 Å². The molecule has 0 bridgehead atoms. The van der Waals surface area contributed by atoms with Crippen LogP contribution in [0.2, 0.25) is 0 Å². The molecule has 3 aromatic carbocycles. The van der Waals surface area contributed by atoms with Crippen LogP contribution in [0.5, 0.6) is 5.75 Å². The van der Waals surface area contributed by atoms with Crippen molar-refractivity contribution in [3.05, 3.63) is 82.9 Å². The van der Waals surface area contributed by atoms with Crippen LogP contribution in [-0.4, -0.2) is 82.1 Å². The van der Waals surface area contributed by atoms with E-state index in [1.807, 2.05) is 56.3 Å². The van der Waals surface area contributed by atoms with E-state index in [1.165, 1.54) is 4.90 Å². The zero-order valence-electron chi connectivity index (χ0n) is 24.4. The Morgan fingerprint density at radius 3 is 2.43 bits per heavy atom. The molecule has 2 aliphatic rings. The average molecular weight is 571 g/mol. The minimum absolute atomic E-state index is 0.0183. The number of benzene rings is 3. The van der Waals surface area contributed by atoms with E-state index in [4.69, 9.17) is 9.47 Å². The second-order valence-electron chi connectivity index (χ2n) is 10.8. The number of amides is 2. The Labute approximate surface area is 246 Å². The molecule has 1 saturated heterocycles. The van der Waals surface area contributed by atoms with E-state index in [0.717, 1.165) is 47.5 Å². The van der Waals surface area contributed by atoms with Crippen LogP contribution in [0.3, 0.4) is 0 Å². The summed E-state index contributed by atoms with van der Waals surface area (Å²) in [6.07, 6.45) is 0. The largest absolute Gasteiger partial charge is 0.482 e. The van der Waals surface area contributed by atoms with Gasteiger partial charge in [0.15, 0.2) is 12.4 Å². The first-order valence-corrected chi connectivity index (χ1v) is 14.3. The smallest absolute Gasteiger partial charge is 0.265 e. The van der Waals surface area contributed by atoms with Gasteiger partial charge in [-0.1, -0.05) is 36.4 Å². The molecule has 2 aliphatic heterocycles. The van der Waals surface area contributed by atoms with Gasteiger partial charge in [-0.15, -0.1) is 0 Å². The zero-order valence-corrected chi connectivity index (χ0v) is 24.4. The van der Waals surface area contributed by atoms with Crippen molar-refractivity contribution in [1.29, 1.82) is 0 Å². The first kappa shape index (κ1) is 29.4. The number of nitrogens with zero attached hydrogens (tertiary/aromatic N) is 2. The van der Waals surface area contributed by atoms with Gasteiger partial charge in [0.1, 0.15) is 5.75 Å². The highest BCUT2D eigenvalue weighted by Gasteiger charge is 2.28. The highest BCUT2D eigenvalue weighted by molar-refractivity contribution is 6.03. The molecule has 0 radical (unpaired) electrons. The second kappa shape index (κ2) is 13.3. The van der Waals surface area contributed by atoms with E-state index in [-0.39, 0.29) is 43.3 Å². The Morgan fingerprint density at radius 2 is 1.69 bits per heavy atom. The van der Waals surface area contributed by atoms with Crippen molar-refractivity contribution in [2.75, 3.05) is 64.5 Å². The van der Waals surface area contributed by atoms with Crippen LogP contribution >= 0.6 is 0 Å². The van der Waals surface area contributed by atoms with Gasteiger partial charge in [0.25, 0.3) is 11.8 Å². The number of aryl methyl sites for hydroxylation is 2. The van der Waals surface area contributed by atoms with Gasteiger partial charge in [-0.2, -0.15) is 0 Å². The number of morpholine rings is 1. The normalized spacial score (nSPS) is 16.0. The summed E-state index contributed by atoms with van der Waals surface area (Å²) in [5.41, 5.74) is 6.38. The maximum absolute atomic E-state index is 13.2. The summed E-state index contributed by atoms with van der Waals surface area (Å²) in [4.78, 5) is 41.9. The van der Waals surface area contributed by atoms with Crippen LogP contribution in [0.15, 0.2) is 60.7 Å². The number of Topliss-reactive ketones (excluding diaryl/α,β-unsaturated/α-hetero) is 1. The summed E-state index contributed by atoms with van der Waals surface area (Å²) in [7, 11) is 1.62. The van der Waals surface area contributed by atoms with Crippen molar-refractivity contribution < 1.29 is 23.9 Å². The lowest BCUT2D eigenvalue weighted by molar-refractivity contribution is -0.124. The molecular weight excluding hydrogens is 532 g/mol.